The zero-order chi connectivity index (χ0) is 9.84. The molecule has 13 heavy (non-hydrogen) atoms. The molecule has 70 valence electrons. The van der Waals surface area contributed by atoms with Gasteiger partial charge in [0.1, 0.15) is 12.4 Å². The highest BCUT2D eigenvalue weighted by Crippen LogP contribution is 2.31. The largest absolute Gasteiger partial charge is 0.488 e. The lowest BCUT2D eigenvalue weighted by Crippen LogP contribution is -1.94. The molecule has 0 saturated heterocycles. The summed E-state index contributed by atoms with van der Waals surface area (Å²) >= 11 is 9.40. The molecule has 0 fully saturated rings. The van der Waals surface area contributed by atoms with Gasteiger partial charge in [-0.3, -0.25) is 0 Å². The monoisotopic (exact) mass is 260 g/mol. The van der Waals surface area contributed by atoms with Gasteiger partial charge in [-0.25, -0.2) is 0 Å². The summed E-state index contributed by atoms with van der Waals surface area (Å²) in [6, 6.07) is 3.79. The molecule has 0 heterocycles. The van der Waals surface area contributed by atoms with E-state index in [0.29, 0.717) is 17.4 Å². The molecule has 0 aliphatic rings. The maximum Gasteiger partial charge on any atom is 0.139 e. The number of hydrogen-bond acceptors (Lipinski definition) is 1. The van der Waals surface area contributed by atoms with Gasteiger partial charge in [-0.1, -0.05) is 40.2 Å². The van der Waals surface area contributed by atoms with Gasteiger partial charge in [0.05, 0.1) is 5.02 Å². The second-order valence-electron chi connectivity index (χ2n) is 2.63. The quantitative estimate of drug-likeness (QED) is 0.748. The smallest absolute Gasteiger partial charge is 0.139 e. The standard InChI is InChI=1S/C10H10BrClO/c1-3-4-13-9-6-8(11)5-7(2)10(9)12/h3,5-6H,1,4H2,2H3. The van der Waals surface area contributed by atoms with Crippen molar-refractivity contribution in [3.63, 3.8) is 0 Å². The maximum absolute atomic E-state index is 6.02. The molecule has 1 aromatic rings. The minimum atomic E-state index is 0.468. The highest BCUT2D eigenvalue weighted by Gasteiger charge is 2.05. The fourth-order valence-electron chi connectivity index (χ4n) is 0.949. The molecule has 0 atom stereocenters. The lowest BCUT2D eigenvalue weighted by molar-refractivity contribution is 0.363. The number of rotatable bonds is 3. The van der Waals surface area contributed by atoms with E-state index in [1.54, 1.807) is 6.08 Å². The topological polar surface area (TPSA) is 9.23 Å². The van der Waals surface area contributed by atoms with Gasteiger partial charge >= 0.3 is 0 Å². The molecule has 3 heteroatoms. The normalized spacial score (nSPS) is 9.77. The number of halogens is 2. The van der Waals surface area contributed by atoms with Crippen LogP contribution in [0.5, 0.6) is 5.75 Å². The van der Waals surface area contributed by atoms with Gasteiger partial charge < -0.3 is 4.74 Å². The molecule has 1 rings (SSSR count). The minimum Gasteiger partial charge on any atom is -0.488 e. The van der Waals surface area contributed by atoms with Crippen LogP contribution < -0.4 is 4.74 Å². The molecule has 0 bridgehead atoms. The third-order valence-electron chi connectivity index (χ3n) is 1.54. The Morgan fingerprint density at radius 3 is 2.92 bits per heavy atom. The first-order chi connectivity index (χ1) is 6.15. The number of hydrogen-bond donors (Lipinski definition) is 0. The molecule has 0 aliphatic heterocycles. The fourth-order valence-corrected chi connectivity index (χ4v) is 1.66. The molecule has 0 saturated carbocycles. The van der Waals surface area contributed by atoms with Crippen LogP contribution in [0.25, 0.3) is 0 Å². The minimum absolute atomic E-state index is 0.468. The highest BCUT2D eigenvalue weighted by atomic mass is 79.9. The van der Waals surface area contributed by atoms with Gasteiger partial charge in [0, 0.05) is 4.47 Å². The number of benzene rings is 1. The van der Waals surface area contributed by atoms with Gasteiger partial charge in [0.2, 0.25) is 0 Å². The zero-order valence-electron chi connectivity index (χ0n) is 7.31. The van der Waals surface area contributed by atoms with Crippen molar-refractivity contribution in [3.8, 4) is 5.75 Å². The summed E-state index contributed by atoms with van der Waals surface area (Å²) in [6.45, 7) is 5.98. The molecule has 0 N–H and O–H groups in total. The summed E-state index contributed by atoms with van der Waals surface area (Å²) in [5.41, 5.74) is 0.995. The summed E-state index contributed by atoms with van der Waals surface area (Å²) in [5.74, 6) is 0.688. The summed E-state index contributed by atoms with van der Waals surface area (Å²) < 4.78 is 6.33. The summed E-state index contributed by atoms with van der Waals surface area (Å²) in [7, 11) is 0. The Bertz CT molecular complexity index is 323. The van der Waals surface area contributed by atoms with E-state index in [1.165, 1.54) is 0 Å². The van der Waals surface area contributed by atoms with Crippen molar-refractivity contribution in [2.45, 2.75) is 6.92 Å². The molecule has 0 amide bonds. The Hall–Kier alpha value is -0.470. The van der Waals surface area contributed by atoms with E-state index in [1.807, 2.05) is 19.1 Å². The average molecular weight is 262 g/mol. The molecule has 1 nitrogen and oxygen atoms in total. The van der Waals surface area contributed by atoms with Crippen LogP contribution in [0.2, 0.25) is 5.02 Å². The van der Waals surface area contributed by atoms with Crippen LogP contribution in [0, 0.1) is 6.92 Å². The van der Waals surface area contributed by atoms with Crippen molar-refractivity contribution in [2.75, 3.05) is 6.61 Å². The summed E-state index contributed by atoms with van der Waals surface area (Å²) in [4.78, 5) is 0. The Labute approximate surface area is 91.5 Å². The molecule has 1 aromatic carbocycles. The van der Waals surface area contributed by atoms with E-state index in [9.17, 15) is 0 Å². The van der Waals surface area contributed by atoms with E-state index in [2.05, 4.69) is 22.5 Å². The van der Waals surface area contributed by atoms with Crippen LogP contribution in [0.1, 0.15) is 5.56 Å². The molecular formula is C10H10BrClO. The van der Waals surface area contributed by atoms with Crippen LogP contribution >= 0.6 is 27.5 Å². The van der Waals surface area contributed by atoms with Crippen LogP contribution in [0.3, 0.4) is 0 Å². The maximum atomic E-state index is 6.02. The Kier molecular flexibility index (Phi) is 3.82. The molecule has 0 radical (unpaired) electrons. The first-order valence-corrected chi connectivity index (χ1v) is 5.01. The third kappa shape index (κ3) is 2.75. The SMILES string of the molecule is C=CCOc1cc(Br)cc(C)c1Cl. The van der Waals surface area contributed by atoms with Gasteiger partial charge in [0.15, 0.2) is 0 Å². The fraction of sp³-hybridized carbons (Fsp3) is 0.200. The van der Waals surface area contributed by atoms with E-state index in [0.717, 1.165) is 10.0 Å². The number of ether oxygens (including phenoxy) is 1. The van der Waals surface area contributed by atoms with Crippen LogP contribution in [0.4, 0.5) is 0 Å². The lowest BCUT2D eigenvalue weighted by atomic mass is 10.2. The van der Waals surface area contributed by atoms with Crippen molar-refractivity contribution >= 4 is 27.5 Å². The highest BCUT2D eigenvalue weighted by molar-refractivity contribution is 9.10. The predicted octanol–water partition coefficient (Wildman–Crippen LogP) is 3.98. The van der Waals surface area contributed by atoms with Gasteiger partial charge in [-0.15, -0.1) is 0 Å². The van der Waals surface area contributed by atoms with Crippen LogP contribution in [-0.4, -0.2) is 6.61 Å². The average Bonchev–Trinajstić information content (AvgIpc) is 2.09. The van der Waals surface area contributed by atoms with E-state index in [4.69, 9.17) is 16.3 Å². The van der Waals surface area contributed by atoms with E-state index >= 15 is 0 Å². The van der Waals surface area contributed by atoms with Crippen molar-refractivity contribution in [3.05, 3.63) is 39.8 Å². The molecule has 0 spiro atoms. The number of aryl methyl sites for hydroxylation is 1. The molecular weight excluding hydrogens is 251 g/mol. The van der Waals surface area contributed by atoms with E-state index < -0.39 is 0 Å². The van der Waals surface area contributed by atoms with Gasteiger partial charge in [-0.05, 0) is 24.6 Å². The summed E-state index contributed by atoms with van der Waals surface area (Å²) in [6.07, 6.45) is 1.69. The van der Waals surface area contributed by atoms with Crippen molar-refractivity contribution in [1.82, 2.24) is 0 Å². The van der Waals surface area contributed by atoms with E-state index in [-0.39, 0.29) is 0 Å². The van der Waals surface area contributed by atoms with Gasteiger partial charge in [0.25, 0.3) is 0 Å². The van der Waals surface area contributed by atoms with Crippen LogP contribution in [-0.2, 0) is 0 Å². The second kappa shape index (κ2) is 4.68. The Balaban J connectivity index is 2.98. The predicted molar refractivity (Wildman–Crippen MR) is 59.6 cm³/mol. The third-order valence-corrected chi connectivity index (χ3v) is 2.48. The first-order valence-electron chi connectivity index (χ1n) is 3.84. The summed E-state index contributed by atoms with van der Waals surface area (Å²) in [5, 5.41) is 0.657. The molecule has 0 aliphatic carbocycles. The zero-order valence-corrected chi connectivity index (χ0v) is 9.65. The van der Waals surface area contributed by atoms with Crippen molar-refractivity contribution < 1.29 is 4.74 Å². The molecule has 0 aromatic heterocycles. The second-order valence-corrected chi connectivity index (χ2v) is 3.93. The van der Waals surface area contributed by atoms with Crippen molar-refractivity contribution in [2.24, 2.45) is 0 Å². The molecule has 0 unspecified atom stereocenters. The first kappa shape index (κ1) is 10.6. The van der Waals surface area contributed by atoms with Crippen LogP contribution in [0.15, 0.2) is 29.3 Å². The van der Waals surface area contributed by atoms with Crippen molar-refractivity contribution in [1.29, 1.82) is 0 Å². The lowest BCUT2D eigenvalue weighted by Gasteiger charge is -2.08. The Morgan fingerprint density at radius 1 is 1.62 bits per heavy atom. The van der Waals surface area contributed by atoms with Gasteiger partial charge in [-0.2, -0.15) is 0 Å². The Morgan fingerprint density at radius 2 is 2.31 bits per heavy atom.